The predicted molar refractivity (Wildman–Crippen MR) is 51.5 cm³/mol. The van der Waals surface area contributed by atoms with Gasteiger partial charge in [0.2, 0.25) is 5.91 Å². The van der Waals surface area contributed by atoms with Crippen molar-refractivity contribution in [2.24, 2.45) is 10.7 Å². The molecule has 0 bridgehead atoms. The maximum atomic E-state index is 11.5. The molecule has 1 heterocycles. The fourth-order valence-corrected chi connectivity index (χ4v) is 1.27. The molecule has 1 rings (SSSR count). The SMILES string of the molecule is CN=C(N)N1CC(=O)NC(=O)C1(C)C. The lowest BCUT2D eigenvalue weighted by atomic mass is 9.99. The third-order valence-electron chi connectivity index (χ3n) is 2.29. The third-order valence-corrected chi connectivity index (χ3v) is 2.29. The first-order valence-corrected chi connectivity index (χ1v) is 4.23. The molecule has 1 fully saturated rings. The van der Waals surface area contributed by atoms with Crippen LogP contribution in [0.5, 0.6) is 0 Å². The van der Waals surface area contributed by atoms with Crippen molar-refractivity contribution in [3.8, 4) is 0 Å². The second-order valence-corrected chi connectivity index (χ2v) is 3.60. The van der Waals surface area contributed by atoms with Crippen molar-refractivity contribution in [1.82, 2.24) is 10.2 Å². The Kier molecular flexibility index (Phi) is 2.46. The molecule has 6 heteroatoms. The quantitative estimate of drug-likeness (QED) is 0.287. The molecule has 0 radical (unpaired) electrons. The van der Waals surface area contributed by atoms with Gasteiger partial charge in [0.15, 0.2) is 5.96 Å². The number of hydrogen-bond donors (Lipinski definition) is 2. The molecule has 0 unspecified atom stereocenters. The number of aliphatic imine (C=N–C) groups is 1. The van der Waals surface area contributed by atoms with Crippen LogP contribution in [0.25, 0.3) is 0 Å². The van der Waals surface area contributed by atoms with E-state index in [4.69, 9.17) is 5.73 Å². The van der Waals surface area contributed by atoms with Gasteiger partial charge in [0.05, 0.1) is 0 Å². The fraction of sp³-hybridized carbons (Fsp3) is 0.625. The van der Waals surface area contributed by atoms with E-state index in [0.29, 0.717) is 0 Å². The Morgan fingerprint density at radius 3 is 2.64 bits per heavy atom. The van der Waals surface area contributed by atoms with E-state index in [0.717, 1.165) is 0 Å². The molecule has 0 aliphatic carbocycles. The molecule has 3 N–H and O–H groups in total. The summed E-state index contributed by atoms with van der Waals surface area (Å²) in [5, 5.41) is 2.25. The number of carbonyl (C=O) groups is 2. The molecular formula is C8H14N4O2. The first-order valence-electron chi connectivity index (χ1n) is 4.23. The summed E-state index contributed by atoms with van der Waals surface area (Å²) in [6, 6.07) is 0. The minimum atomic E-state index is -0.836. The number of nitrogens with one attached hydrogen (secondary N) is 1. The first-order chi connectivity index (χ1) is 6.39. The summed E-state index contributed by atoms with van der Waals surface area (Å²) in [5.74, 6) is -0.528. The van der Waals surface area contributed by atoms with E-state index in [2.05, 4.69) is 10.3 Å². The smallest absolute Gasteiger partial charge is 0.252 e. The number of guanidine groups is 1. The highest BCUT2D eigenvalue weighted by Gasteiger charge is 2.41. The molecule has 0 saturated carbocycles. The minimum Gasteiger partial charge on any atom is -0.370 e. The normalized spacial score (nSPS) is 22.2. The molecule has 0 aromatic heterocycles. The summed E-state index contributed by atoms with van der Waals surface area (Å²) in [7, 11) is 1.52. The molecule has 1 aliphatic rings. The molecule has 0 aromatic rings. The average molecular weight is 198 g/mol. The lowest BCUT2D eigenvalue weighted by Crippen LogP contribution is -2.66. The van der Waals surface area contributed by atoms with E-state index in [-0.39, 0.29) is 24.3 Å². The monoisotopic (exact) mass is 198 g/mol. The lowest BCUT2D eigenvalue weighted by molar-refractivity contribution is -0.141. The van der Waals surface area contributed by atoms with Gasteiger partial charge in [-0.1, -0.05) is 0 Å². The summed E-state index contributed by atoms with van der Waals surface area (Å²) < 4.78 is 0. The van der Waals surface area contributed by atoms with Crippen molar-refractivity contribution in [1.29, 1.82) is 0 Å². The number of rotatable bonds is 0. The summed E-state index contributed by atoms with van der Waals surface area (Å²) in [6.45, 7) is 3.43. The van der Waals surface area contributed by atoms with Crippen LogP contribution in [0.3, 0.4) is 0 Å². The lowest BCUT2D eigenvalue weighted by Gasteiger charge is -2.40. The van der Waals surface area contributed by atoms with E-state index in [9.17, 15) is 9.59 Å². The molecule has 0 aromatic carbocycles. The van der Waals surface area contributed by atoms with Gasteiger partial charge in [-0.25, -0.2) is 0 Å². The zero-order valence-electron chi connectivity index (χ0n) is 8.50. The average Bonchev–Trinajstić information content (AvgIpc) is 2.10. The third kappa shape index (κ3) is 1.55. The molecule has 2 amide bonds. The van der Waals surface area contributed by atoms with E-state index >= 15 is 0 Å². The maximum Gasteiger partial charge on any atom is 0.252 e. The number of piperazine rings is 1. The second-order valence-electron chi connectivity index (χ2n) is 3.60. The molecule has 78 valence electrons. The molecule has 0 atom stereocenters. The highest BCUT2D eigenvalue weighted by molar-refractivity contribution is 6.06. The summed E-state index contributed by atoms with van der Waals surface area (Å²) >= 11 is 0. The van der Waals surface area contributed by atoms with Gasteiger partial charge >= 0.3 is 0 Å². The Bertz CT molecular complexity index is 308. The topological polar surface area (TPSA) is 87.8 Å². The van der Waals surface area contributed by atoms with Gasteiger partial charge in [-0.2, -0.15) is 0 Å². The molecule has 6 nitrogen and oxygen atoms in total. The number of hydrogen-bond acceptors (Lipinski definition) is 3. The van der Waals surface area contributed by atoms with Gasteiger partial charge in [0, 0.05) is 7.05 Å². The van der Waals surface area contributed by atoms with Crippen LogP contribution in [-0.2, 0) is 9.59 Å². The van der Waals surface area contributed by atoms with Crippen LogP contribution in [0, 0.1) is 0 Å². The second kappa shape index (κ2) is 3.28. The Balaban J connectivity index is 3.02. The van der Waals surface area contributed by atoms with Gasteiger partial charge in [-0.15, -0.1) is 0 Å². The van der Waals surface area contributed by atoms with Crippen LogP contribution in [0.4, 0.5) is 0 Å². The van der Waals surface area contributed by atoms with Crippen LogP contribution in [0.15, 0.2) is 4.99 Å². The van der Waals surface area contributed by atoms with Crippen LogP contribution in [0.1, 0.15) is 13.8 Å². The van der Waals surface area contributed by atoms with E-state index < -0.39 is 5.54 Å². The molecule has 14 heavy (non-hydrogen) atoms. The highest BCUT2D eigenvalue weighted by atomic mass is 16.2. The van der Waals surface area contributed by atoms with Gasteiger partial charge < -0.3 is 10.6 Å². The van der Waals surface area contributed by atoms with Crippen LogP contribution in [-0.4, -0.2) is 41.8 Å². The summed E-state index contributed by atoms with van der Waals surface area (Å²) in [4.78, 5) is 27.8. The first kappa shape index (κ1) is 10.5. The number of carbonyl (C=O) groups excluding carboxylic acids is 2. The number of nitrogens with zero attached hydrogens (tertiary/aromatic N) is 2. The van der Waals surface area contributed by atoms with Gasteiger partial charge in [-0.3, -0.25) is 19.9 Å². The highest BCUT2D eigenvalue weighted by Crippen LogP contribution is 2.17. The Morgan fingerprint density at radius 1 is 1.57 bits per heavy atom. The minimum absolute atomic E-state index is 0.0575. The molecule has 0 spiro atoms. The van der Waals surface area contributed by atoms with Crippen molar-refractivity contribution in [2.45, 2.75) is 19.4 Å². The van der Waals surface area contributed by atoms with Gasteiger partial charge in [0.25, 0.3) is 5.91 Å². The molecule has 1 aliphatic heterocycles. The number of amides is 2. The largest absolute Gasteiger partial charge is 0.370 e. The number of imide groups is 1. The van der Waals surface area contributed by atoms with Crippen molar-refractivity contribution >= 4 is 17.8 Å². The standard InChI is InChI=1S/C8H14N4O2/c1-8(2)6(14)11-5(13)4-12(8)7(9)10-3/h4H2,1-3H3,(H2,9,10)(H,11,13,14). The maximum absolute atomic E-state index is 11.5. The van der Waals surface area contributed by atoms with Gasteiger partial charge in [-0.05, 0) is 13.8 Å². The van der Waals surface area contributed by atoms with Crippen LogP contribution < -0.4 is 11.1 Å². The fourth-order valence-electron chi connectivity index (χ4n) is 1.27. The van der Waals surface area contributed by atoms with Crippen LogP contribution >= 0.6 is 0 Å². The van der Waals surface area contributed by atoms with E-state index in [1.165, 1.54) is 11.9 Å². The summed E-state index contributed by atoms with van der Waals surface area (Å²) in [5.41, 5.74) is 4.76. The van der Waals surface area contributed by atoms with E-state index in [1.54, 1.807) is 13.8 Å². The molecular weight excluding hydrogens is 184 g/mol. The van der Waals surface area contributed by atoms with Gasteiger partial charge in [0.1, 0.15) is 12.1 Å². The number of nitrogens with two attached hydrogens (primary N) is 1. The zero-order valence-corrected chi connectivity index (χ0v) is 8.50. The van der Waals surface area contributed by atoms with Crippen molar-refractivity contribution in [2.75, 3.05) is 13.6 Å². The zero-order chi connectivity index (χ0) is 10.9. The van der Waals surface area contributed by atoms with E-state index in [1.807, 2.05) is 0 Å². The predicted octanol–water partition coefficient (Wildman–Crippen LogP) is -1.33. The Hall–Kier alpha value is -1.59. The van der Waals surface area contributed by atoms with Crippen molar-refractivity contribution < 1.29 is 9.59 Å². The van der Waals surface area contributed by atoms with Crippen molar-refractivity contribution in [3.05, 3.63) is 0 Å². The Morgan fingerprint density at radius 2 is 2.14 bits per heavy atom. The summed E-state index contributed by atoms with van der Waals surface area (Å²) in [6.07, 6.45) is 0. The van der Waals surface area contributed by atoms with Crippen molar-refractivity contribution in [3.63, 3.8) is 0 Å². The van der Waals surface area contributed by atoms with Crippen LogP contribution in [0.2, 0.25) is 0 Å². The molecule has 1 saturated heterocycles. The Labute approximate surface area is 82.2 Å².